The molecular formula is C19H30O17. The quantitative estimate of drug-likeness (QED) is 0.0933. The Morgan fingerprint density at radius 3 is 1.19 bits per heavy atom. The molecule has 0 unspecified atom stereocenters. The van der Waals surface area contributed by atoms with Gasteiger partial charge in [-0.3, -0.25) is 0 Å². The summed E-state index contributed by atoms with van der Waals surface area (Å²) in [5.74, 6) is -3.33. The molecule has 0 saturated heterocycles. The lowest BCUT2D eigenvalue weighted by atomic mass is 10.0. The van der Waals surface area contributed by atoms with E-state index >= 15 is 0 Å². The highest BCUT2D eigenvalue weighted by atomic mass is 16.4. The third-order valence-electron chi connectivity index (χ3n) is 4.16. The van der Waals surface area contributed by atoms with Crippen molar-refractivity contribution in [1.29, 1.82) is 0 Å². The first-order valence-corrected chi connectivity index (χ1v) is 9.66. The lowest BCUT2D eigenvalue weighted by Gasteiger charge is -2.22. The van der Waals surface area contributed by atoms with Crippen molar-refractivity contribution in [3.05, 3.63) is 17.7 Å². The second-order valence-electron chi connectivity index (χ2n) is 6.88. The van der Waals surface area contributed by atoms with Crippen molar-refractivity contribution in [3.63, 3.8) is 0 Å². The number of phenolic OH excluding ortho intramolecular Hbond substituents is 3. The van der Waals surface area contributed by atoms with Gasteiger partial charge in [-0.15, -0.1) is 0 Å². The van der Waals surface area contributed by atoms with E-state index in [2.05, 4.69) is 0 Å². The zero-order valence-electron chi connectivity index (χ0n) is 18.3. The number of carboxylic acids is 1. The second kappa shape index (κ2) is 17.5. The van der Waals surface area contributed by atoms with Gasteiger partial charge in [-0.25, -0.2) is 4.79 Å². The molecule has 0 radical (unpaired) electrons. The molecule has 17 heteroatoms. The first-order valence-electron chi connectivity index (χ1n) is 9.66. The number of rotatable bonds is 11. The first-order chi connectivity index (χ1) is 16.6. The van der Waals surface area contributed by atoms with E-state index in [1.807, 2.05) is 0 Å². The normalized spacial score (nSPS) is 17.3. The molecule has 0 aliphatic rings. The van der Waals surface area contributed by atoms with Crippen molar-refractivity contribution >= 4 is 18.5 Å². The smallest absolute Gasteiger partial charge is 0.335 e. The second-order valence-corrected chi connectivity index (χ2v) is 6.88. The number of aromatic hydroxyl groups is 3. The maximum atomic E-state index is 10.3. The summed E-state index contributed by atoms with van der Waals surface area (Å²) in [6.45, 7) is -1.52. The molecule has 208 valence electrons. The summed E-state index contributed by atoms with van der Waals surface area (Å²) in [6.07, 6.45) is -13.7. The fourth-order valence-electron chi connectivity index (χ4n) is 1.96. The summed E-state index contributed by atoms with van der Waals surface area (Å²) in [7, 11) is 0. The van der Waals surface area contributed by atoms with Crippen LogP contribution in [0.4, 0.5) is 0 Å². The lowest BCUT2D eigenvalue weighted by molar-refractivity contribution is -0.136. The Hall–Kier alpha value is -2.97. The summed E-state index contributed by atoms with van der Waals surface area (Å²) >= 11 is 0. The highest BCUT2D eigenvalue weighted by molar-refractivity contribution is 5.89. The number of benzene rings is 1. The topological polar surface area (TPSA) is 334 Å². The third kappa shape index (κ3) is 11.6. The average molecular weight is 530 g/mol. The molecule has 14 N–H and O–H groups in total. The molecule has 17 nitrogen and oxygen atoms in total. The van der Waals surface area contributed by atoms with Gasteiger partial charge in [0.1, 0.15) is 48.8 Å². The number of aromatic carboxylic acids is 1. The monoisotopic (exact) mass is 530 g/mol. The zero-order valence-corrected chi connectivity index (χ0v) is 18.3. The lowest BCUT2D eigenvalue weighted by Crippen LogP contribution is -2.46. The predicted molar refractivity (Wildman–Crippen MR) is 113 cm³/mol. The van der Waals surface area contributed by atoms with Crippen LogP contribution in [0.2, 0.25) is 0 Å². The van der Waals surface area contributed by atoms with Crippen LogP contribution < -0.4 is 0 Å². The van der Waals surface area contributed by atoms with Crippen molar-refractivity contribution in [2.75, 3.05) is 13.2 Å². The number of aldehydes is 2. The maximum absolute atomic E-state index is 10.3. The first kappa shape index (κ1) is 35.2. The Morgan fingerprint density at radius 1 is 0.667 bits per heavy atom. The van der Waals surface area contributed by atoms with Gasteiger partial charge in [0, 0.05) is 0 Å². The van der Waals surface area contributed by atoms with Gasteiger partial charge in [0.2, 0.25) is 0 Å². The summed E-state index contributed by atoms with van der Waals surface area (Å²) in [5, 5.41) is 122. The molecule has 0 aromatic heterocycles. The minimum absolute atomic E-state index is 0.0258. The van der Waals surface area contributed by atoms with E-state index in [1.165, 1.54) is 0 Å². The van der Waals surface area contributed by atoms with Crippen LogP contribution in [-0.4, -0.2) is 152 Å². The van der Waals surface area contributed by atoms with Crippen molar-refractivity contribution in [3.8, 4) is 17.2 Å². The summed E-state index contributed by atoms with van der Waals surface area (Å²) < 4.78 is 0. The molecular weight excluding hydrogens is 500 g/mol. The molecule has 0 amide bonds. The van der Waals surface area contributed by atoms with Crippen molar-refractivity contribution in [1.82, 2.24) is 0 Å². The van der Waals surface area contributed by atoms with Gasteiger partial charge in [0.25, 0.3) is 0 Å². The Balaban J connectivity index is 0. The van der Waals surface area contributed by atoms with Gasteiger partial charge in [0.05, 0.1) is 18.8 Å². The molecule has 0 spiro atoms. The Morgan fingerprint density at radius 2 is 0.972 bits per heavy atom. The molecule has 0 aliphatic heterocycles. The molecule has 8 atom stereocenters. The van der Waals surface area contributed by atoms with E-state index in [9.17, 15) is 14.4 Å². The summed E-state index contributed by atoms with van der Waals surface area (Å²) in [5.41, 5.74) is -0.289. The SMILES string of the molecule is O=C(O)c1cc(O)c(O)c(O)c1.O=C[C@H](O)[C@@H](O)[C@H](O)[C@H](O)CO.O=C[C@H](O)[C@@H](O)[C@H](O)[C@H](O)CO. The molecule has 0 aliphatic carbocycles. The van der Waals surface area contributed by atoms with E-state index in [4.69, 9.17) is 71.5 Å². The number of phenols is 3. The largest absolute Gasteiger partial charge is 0.504 e. The van der Waals surface area contributed by atoms with Gasteiger partial charge in [0.15, 0.2) is 29.8 Å². The molecule has 0 bridgehead atoms. The van der Waals surface area contributed by atoms with Crippen LogP contribution in [0.3, 0.4) is 0 Å². The van der Waals surface area contributed by atoms with E-state index in [0.29, 0.717) is 0 Å². The van der Waals surface area contributed by atoms with Crippen LogP contribution in [0.5, 0.6) is 17.2 Å². The zero-order chi connectivity index (χ0) is 28.7. The van der Waals surface area contributed by atoms with E-state index in [-0.39, 0.29) is 18.1 Å². The molecule has 0 saturated carbocycles. The van der Waals surface area contributed by atoms with Crippen LogP contribution in [0.25, 0.3) is 0 Å². The Bertz CT molecular complexity index is 747. The van der Waals surface area contributed by atoms with Crippen LogP contribution in [0, 0.1) is 0 Å². The number of carbonyl (C=O) groups excluding carboxylic acids is 2. The minimum atomic E-state index is -1.79. The Kier molecular flexibility index (Phi) is 17.1. The van der Waals surface area contributed by atoms with Crippen LogP contribution in [0.15, 0.2) is 12.1 Å². The van der Waals surface area contributed by atoms with E-state index in [1.54, 1.807) is 0 Å². The fraction of sp³-hybridized carbons (Fsp3) is 0.526. The fourth-order valence-corrected chi connectivity index (χ4v) is 1.96. The van der Waals surface area contributed by atoms with Crippen LogP contribution in [-0.2, 0) is 9.59 Å². The number of hydrogen-bond donors (Lipinski definition) is 14. The van der Waals surface area contributed by atoms with Crippen LogP contribution >= 0.6 is 0 Å². The number of aliphatic hydroxyl groups excluding tert-OH is 10. The van der Waals surface area contributed by atoms with Gasteiger partial charge >= 0.3 is 5.97 Å². The third-order valence-corrected chi connectivity index (χ3v) is 4.16. The molecule has 0 fully saturated rings. The van der Waals surface area contributed by atoms with Gasteiger partial charge < -0.3 is 81.1 Å². The maximum Gasteiger partial charge on any atom is 0.335 e. The summed E-state index contributed by atoms with van der Waals surface area (Å²) in [4.78, 5) is 30.1. The van der Waals surface area contributed by atoms with E-state index < -0.39 is 85.3 Å². The predicted octanol–water partition coefficient (Wildman–Crippen LogP) is -6.26. The summed E-state index contributed by atoms with van der Waals surface area (Å²) in [6, 6.07) is 1.69. The highest BCUT2D eigenvalue weighted by Gasteiger charge is 2.30. The minimum Gasteiger partial charge on any atom is -0.504 e. The molecule has 36 heavy (non-hydrogen) atoms. The van der Waals surface area contributed by atoms with Crippen molar-refractivity contribution in [2.24, 2.45) is 0 Å². The highest BCUT2D eigenvalue weighted by Crippen LogP contribution is 2.35. The molecule has 1 rings (SSSR count). The number of carbonyl (C=O) groups is 3. The van der Waals surface area contributed by atoms with Crippen LogP contribution in [0.1, 0.15) is 10.4 Å². The molecule has 1 aromatic carbocycles. The van der Waals surface area contributed by atoms with Gasteiger partial charge in [-0.2, -0.15) is 0 Å². The molecule has 1 aromatic rings. The van der Waals surface area contributed by atoms with E-state index in [0.717, 1.165) is 12.1 Å². The van der Waals surface area contributed by atoms with Gasteiger partial charge in [-0.1, -0.05) is 0 Å². The average Bonchev–Trinajstić information content (AvgIpc) is 2.88. The number of hydrogen-bond acceptors (Lipinski definition) is 16. The Labute approximate surface area is 202 Å². The standard InChI is InChI=1S/C7H6O5.2C6H12O6/c8-4-1-3(7(11)12)2-5(9)6(4)10;2*7-1-3(9)5(11)6(12)4(10)2-8/h1-2,8-10H,(H,11,12);2*1,3-6,8-12H,2H2/t;2*3-,4+,5+,6+/m.00/s1. The van der Waals surface area contributed by atoms with Crippen molar-refractivity contribution in [2.45, 2.75) is 48.8 Å². The number of carboxylic acid groups (broad SMARTS) is 1. The van der Waals surface area contributed by atoms with Crippen molar-refractivity contribution < 1.29 is 85.9 Å². The number of aliphatic hydroxyl groups is 10. The van der Waals surface area contributed by atoms with Gasteiger partial charge in [-0.05, 0) is 12.1 Å². The molecule has 0 heterocycles.